The Morgan fingerprint density at radius 2 is 2.19 bits per heavy atom. The van der Waals surface area contributed by atoms with E-state index in [1.165, 1.54) is 4.70 Å². The molecule has 1 saturated heterocycles. The molecule has 1 aliphatic rings. The first-order valence-corrected chi connectivity index (χ1v) is 10.9. The Hall–Kier alpha value is -2.12. The van der Waals surface area contributed by atoms with Gasteiger partial charge in [-0.1, -0.05) is 23.5 Å². The van der Waals surface area contributed by atoms with Gasteiger partial charge in [0, 0.05) is 18.0 Å². The van der Waals surface area contributed by atoms with Crippen LogP contribution in [0, 0.1) is 5.92 Å². The second-order valence-corrected chi connectivity index (χ2v) is 8.80. The topological polar surface area (TPSA) is 54.5 Å². The number of thiophene rings is 1. The van der Waals surface area contributed by atoms with E-state index >= 15 is 0 Å². The summed E-state index contributed by atoms with van der Waals surface area (Å²) in [7, 11) is 0. The first-order chi connectivity index (χ1) is 13.1. The zero-order valence-corrected chi connectivity index (χ0v) is 17.1. The Kier molecular flexibility index (Phi) is 5.31. The highest BCUT2D eigenvalue weighted by Gasteiger charge is 2.30. The van der Waals surface area contributed by atoms with Crippen LogP contribution in [0.2, 0.25) is 0 Å². The van der Waals surface area contributed by atoms with Crippen molar-refractivity contribution < 1.29 is 9.53 Å². The van der Waals surface area contributed by atoms with Gasteiger partial charge in [-0.3, -0.25) is 4.79 Å². The van der Waals surface area contributed by atoms with Gasteiger partial charge in [0.1, 0.15) is 0 Å². The van der Waals surface area contributed by atoms with Crippen molar-refractivity contribution in [3.63, 3.8) is 0 Å². The van der Waals surface area contributed by atoms with E-state index in [1.54, 1.807) is 22.7 Å². The fourth-order valence-corrected chi connectivity index (χ4v) is 5.25. The number of hydrogen-bond acceptors (Lipinski definition) is 6. The number of hydrogen-bond donors (Lipinski definition) is 1. The Balaban J connectivity index is 1.37. The van der Waals surface area contributed by atoms with Crippen LogP contribution in [-0.2, 0) is 4.79 Å². The minimum Gasteiger partial charge on any atom is -0.484 e. The van der Waals surface area contributed by atoms with Crippen molar-refractivity contribution in [3.8, 4) is 5.06 Å². The van der Waals surface area contributed by atoms with E-state index in [4.69, 9.17) is 9.72 Å². The minimum atomic E-state index is -0.00629. The summed E-state index contributed by atoms with van der Waals surface area (Å²) < 4.78 is 6.71. The Bertz CT molecular complexity index is 903. The molecule has 1 aliphatic heterocycles. The van der Waals surface area contributed by atoms with E-state index in [0.717, 1.165) is 40.1 Å². The van der Waals surface area contributed by atoms with Crippen molar-refractivity contribution >= 4 is 43.9 Å². The molecule has 0 radical (unpaired) electrons. The number of para-hydroxylation sites is 1. The maximum absolute atomic E-state index is 12.7. The number of carbonyl (C=O) groups excluding carboxylic acids is 1. The third kappa shape index (κ3) is 3.94. The molecule has 0 aliphatic carbocycles. The highest BCUT2D eigenvalue weighted by atomic mass is 32.1. The summed E-state index contributed by atoms with van der Waals surface area (Å²) in [5.41, 5.74) is 1.03. The SMILES string of the molecule is CCOc1ccc([C@@H](C)NC(=O)[C@@H]2CCN(c3nc4ccccc4s3)C2)s1. The van der Waals surface area contributed by atoms with Crippen molar-refractivity contribution in [1.29, 1.82) is 0 Å². The number of thiazole rings is 1. The maximum Gasteiger partial charge on any atom is 0.225 e. The molecule has 0 spiro atoms. The van der Waals surface area contributed by atoms with Crippen molar-refractivity contribution in [1.82, 2.24) is 10.3 Å². The zero-order chi connectivity index (χ0) is 18.8. The van der Waals surface area contributed by atoms with E-state index in [2.05, 4.69) is 16.3 Å². The van der Waals surface area contributed by atoms with Gasteiger partial charge in [0.05, 0.1) is 28.8 Å². The third-order valence-electron chi connectivity index (χ3n) is 4.79. The average molecular weight is 402 g/mol. The quantitative estimate of drug-likeness (QED) is 0.663. The minimum absolute atomic E-state index is 0.00536. The first-order valence-electron chi connectivity index (χ1n) is 9.27. The number of nitrogens with zero attached hydrogens (tertiary/aromatic N) is 2. The van der Waals surface area contributed by atoms with Crippen LogP contribution >= 0.6 is 22.7 Å². The molecule has 1 aromatic carbocycles. The maximum atomic E-state index is 12.7. The Morgan fingerprint density at radius 3 is 3.00 bits per heavy atom. The molecule has 27 heavy (non-hydrogen) atoms. The molecule has 0 saturated carbocycles. The van der Waals surface area contributed by atoms with Crippen LogP contribution in [0.15, 0.2) is 36.4 Å². The highest BCUT2D eigenvalue weighted by Crippen LogP contribution is 2.33. The van der Waals surface area contributed by atoms with Crippen LogP contribution in [-0.4, -0.2) is 30.6 Å². The molecule has 1 amide bonds. The van der Waals surface area contributed by atoms with E-state index < -0.39 is 0 Å². The molecule has 1 N–H and O–H groups in total. The van der Waals surface area contributed by atoms with Gasteiger partial charge >= 0.3 is 0 Å². The van der Waals surface area contributed by atoms with Crippen molar-refractivity contribution in [2.45, 2.75) is 26.3 Å². The molecule has 3 heterocycles. The second-order valence-electron chi connectivity index (χ2n) is 6.72. The normalized spacial score (nSPS) is 18.0. The number of ether oxygens (including phenoxy) is 1. The second kappa shape index (κ2) is 7.86. The Labute approximate surface area is 167 Å². The average Bonchev–Trinajstić information content (AvgIpc) is 3.40. The number of amides is 1. The molecule has 142 valence electrons. The molecule has 2 atom stereocenters. The number of anilines is 1. The lowest BCUT2D eigenvalue weighted by molar-refractivity contribution is -0.125. The van der Waals surface area contributed by atoms with E-state index in [-0.39, 0.29) is 17.9 Å². The number of aromatic nitrogens is 1. The number of benzene rings is 1. The predicted molar refractivity (Wildman–Crippen MR) is 112 cm³/mol. The van der Waals surface area contributed by atoms with Crippen LogP contribution in [0.1, 0.15) is 31.2 Å². The van der Waals surface area contributed by atoms with E-state index in [9.17, 15) is 4.79 Å². The van der Waals surface area contributed by atoms with Crippen LogP contribution in [0.3, 0.4) is 0 Å². The largest absolute Gasteiger partial charge is 0.484 e. The lowest BCUT2D eigenvalue weighted by Crippen LogP contribution is -2.34. The van der Waals surface area contributed by atoms with Crippen molar-refractivity contribution in [3.05, 3.63) is 41.3 Å². The van der Waals surface area contributed by atoms with Gasteiger partial charge < -0.3 is 15.0 Å². The number of fused-ring (bicyclic) bond motifs is 1. The van der Waals surface area contributed by atoms with Crippen molar-refractivity contribution in [2.24, 2.45) is 5.92 Å². The van der Waals surface area contributed by atoms with Gasteiger partial charge in [-0.25, -0.2) is 4.98 Å². The summed E-state index contributed by atoms with van der Waals surface area (Å²) in [6.45, 7) is 6.26. The van der Waals surface area contributed by atoms with Crippen LogP contribution in [0.5, 0.6) is 5.06 Å². The molecule has 3 aromatic rings. The highest BCUT2D eigenvalue weighted by molar-refractivity contribution is 7.22. The van der Waals surface area contributed by atoms with Gasteiger partial charge in [-0.05, 0) is 44.5 Å². The van der Waals surface area contributed by atoms with E-state index in [0.29, 0.717) is 6.61 Å². The summed E-state index contributed by atoms with van der Waals surface area (Å²) in [5, 5.41) is 5.08. The third-order valence-corrected chi connectivity index (χ3v) is 7.06. The molecule has 1 fully saturated rings. The summed E-state index contributed by atoms with van der Waals surface area (Å²) in [6.07, 6.45) is 0.864. The number of carbonyl (C=O) groups is 1. The molecule has 2 aromatic heterocycles. The van der Waals surface area contributed by atoms with Gasteiger partial charge in [0.15, 0.2) is 10.2 Å². The van der Waals surface area contributed by atoms with Gasteiger partial charge in [-0.2, -0.15) is 0 Å². The smallest absolute Gasteiger partial charge is 0.225 e. The van der Waals surface area contributed by atoms with Crippen LogP contribution in [0.25, 0.3) is 10.2 Å². The number of rotatable bonds is 6. The molecular weight excluding hydrogens is 378 g/mol. The molecule has 0 unspecified atom stereocenters. The summed E-state index contributed by atoms with van der Waals surface area (Å²) >= 11 is 3.29. The first kappa shape index (κ1) is 18.3. The van der Waals surface area contributed by atoms with Crippen molar-refractivity contribution in [2.75, 3.05) is 24.6 Å². The van der Waals surface area contributed by atoms with Gasteiger partial charge in [-0.15, -0.1) is 11.3 Å². The van der Waals surface area contributed by atoms with Crippen LogP contribution in [0.4, 0.5) is 5.13 Å². The number of nitrogens with one attached hydrogen (secondary N) is 1. The standard InChI is InChI=1S/C20H23N3O2S2/c1-3-25-18-9-8-16(26-18)13(2)21-19(24)14-10-11-23(12-14)20-22-15-6-4-5-7-17(15)27-20/h4-9,13-14H,3,10-12H2,1-2H3,(H,21,24)/t13-,14-/m1/s1. The summed E-state index contributed by atoms with van der Waals surface area (Å²) in [4.78, 5) is 20.8. The molecular formula is C20H23N3O2S2. The van der Waals surface area contributed by atoms with Gasteiger partial charge in [0.2, 0.25) is 5.91 Å². The lowest BCUT2D eigenvalue weighted by atomic mass is 10.1. The fourth-order valence-electron chi connectivity index (χ4n) is 3.33. The Morgan fingerprint density at radius 1 is 1.33 bits per heavy atom. The molecule has 7 heteroatoms. The monoisotopic (exact) mass is 401 g/mol. The van der Waals surface area contributed by atoms with E-state index in [1.807, 2.05) is 44.2 Å². The predicted octanol–water partition coefficient (Wildman–Crippen LogP) is 4.46. The molecule has 5 nitrogen and oxygen atoms in total. The fraction of sp³-hybridized carbons (Fsp3) is 0.400. The van der Waals surface area contributed by atoms with Gasteiger partial charge in [0.25, 0.3) is 0 Å². The lowest BCUT2D eigenvalue weighted by Gasteiger charge is -2.17. The molecule has 4 rings (SSSR count). The molecule has 0 bridgehead atoms. The summed E-state index contributed by atoms with van der Waals surface area (Å²) in [5.74, 6) is 0.128. The zero-order valence-electron chi connectivity index (χ0n) is 15.5. The van der Waals surface area contributed by atoms with Crippen LogP contribution < -0.4 is 15.0 Å². The summed E-state index contributed by atoms with van der Waals surface area (Å²) in [6, 6.07) is 12.2.